The summed E-state index contributed by atoms with van der Waals surface area (Å²) in [5, 5.41) is 19.2. The van der Waals surface area contributed by atoms with Crippen LogP contribution in [0.2, 0.25) is 19.6 Å². The molecule has 1 aromatic heterocycles. The van der Waals surface area contributed by atoms with Crippen molar-refractivity contribution in [1.29, 1.82) is 0 Å². The van der Waals surface area contributed by atoms with Gasteiger partial charge in [0.15, 0.2) is 5.13 Å². The normalized spacial score (nSPS) is 24.4. The molecule has 3 rings (SSSR count). The monoisotopic (exact) mass is 542 g/mol. The van der Waals surface area contributed by atoms with Gasteiger partial charge in [-0.2, -0.15) is 9.36 Å². The van der Waals surface area contributed by atoms with E-state index in [0.29, 0.717) is 5.75 Å². The Morgan fingerprint density at radius 1 is 1.47 bits per heavy atom. The number of aliphatic carboxylic acids is 1. The molecular weight excluding hydrogens is 517 g/mol. The second kappa shape index (κ2) is 10.5. The van der Waals surface area contributed by atoms with Crippen LogP contribution < -0.4 is 11.1 Å². The molecule has 15 heteroatoms. The summed E-state index contributed by atoms with van der Waals surface area (Å²) < 4.78 is 3.99. The molecule has 4 N–H and O–H groups in total. The average molecular weight is 543 g/mol. The van der Waals surface area contributed by atoms with Gasteiger partial charge >= 0.3 is 5.97 Å². The van der Waals surface area contributed by atoms with Gasteiger partial charge in [-0.3, -0.25) is 14.4 Å². The van der Waals surface area contributed by atoms with Crippen molar-refractivity contribution < 1.29 is 24.3 Å². The number of hydrogen-bond donors (Lipinski definition) is 3. The molecule has 0 aromatic carbocycles. The first kappa shape index (κ1) is 26.3. The van der Waals surface area contributed by atoms with Gasteiger partial charge in [-0.15, -0.1) is 17.3 Å². The van der Waals surface area contributed by atoms with E-state index >= 15 is 0 Å². The maximum Gasteiger partial charge on any atom is 0.313 e. The van der Waals surface area contributed by atoms with E-state index in [1.54, 1.807) is 6.92 Å². The number of carbonyl (C=O) groups is 3. The van der Waals surface area contributed by atoms with Crippen LogP contribution in [0, 0.1) is 16.2 Å². The fraction of sp³-hybridized carbons (Fsp3) is 0.579. The molecule has 2 aliphatic rings. The lowest BCUT2D eigenvalue weighted by atomic mass is 9.89. The van der Waals surface area contributed by atoms with E-state index in [0.717, 1.165) is 11.5 Å². The highest BCUT2D eigenvalue weighted by Gasteiger charge is 2.57. The van der Waals surface area contributed by atoms with Gasteiger partial charge < -0.3 is 25.9 Å². The third-order valence-electron chi connectivity index (χ3n) is 4.89. The quantitative estimate of drug-likeness (QED) is 0.142. The van der Waals surface area contributed by atoms with E-state index in [-0.39, 0.29) is 46.9 Å². The highest BCUT2D eigenvalue weighted by molar-refractivity contribution is 8.04. The fourth-order valence-corrected chi connectivity index (χ4v) is 7.41. The van der Waals surface area contributed by atoms with Gasteiger partial charge in [0.2, 0.25) is 17.4 Å². The minimum Gasteiger partial charge on any atom is -0.481 e. The van der Waals surface area contributed by atoms with E-state index in [2.05, 4.69) is 50.3 Å². The number of nitrogens with two attached hydrogens (primary N) is 1. The van der Waals surface area contributed by atoms with Gasteiger partial charge in [0.1, 0.15) is 31.5 Å². The molecular formula is C19H26N6O5S3Si. The molecule has 0 saturated carbocycles. The molecule has 3 heterocycles. The lowest BCUT2D eigenvalue weighted by molar-refractivity contribution is -0.157. The number of amides is 2. The number of aromatic nitrogens is 2. The molecule has 2 fully saturated rings. The van der Waals surface area contributed by atoms with Gasteiger partial charge in [-0.05, 0) is 12.2 Å². The van der Waals surface area contributed by atoms with Crippen LogP contribution in [0.25, 0.3) is 0 Å². The molecule has 1 aromatic rings. The van der Waals surface area contributed by atoms with Gasteiger partial charge in [0, 0.05) is 29.6 Å². The topological polar surface area (TPSA) is 160 Å². The van der Waals surface area contributed by atoms with Crippen LogP contribution in [0.4, 0.5) is 5.13 Å². The Balaban J connectivity index is 1.67. The molecule has 2 unspecified atom stereocenters. The fourth-order valence-electron chi connectivity index (χ4n) is 3.12. The van der Waals surface area contributed by atoms with Crippen molar-refractivity contribution in [1.82, 2.24) is 19.6 Å². The molecule has 34 heavy (non-hydrogen) atoms. The summed E-state index contributed by atoms with van der Waals surface area (Å²) in [7, 11) is -1.56. The van der Waals surface area contributed by atoms with Gasteiger partial charge in [-0.1, -0.05) is 36.6 Å². The van der Waals surface area contributed by atoms with Gasteiger partial charge in [0.05, 0.1) is 0 Å². The zero-order valence-electron chi connectivity index (χ0n) is 19.2. The molecule has 2 saturated heterocycles. The largest absolute Gasteiger partial charge is 0.481 e. The van der Waals surface area contributed by atoms with E-state index in [1.807, 2.05) is 0 Å². The Morgan fingerprint density at radius 3 is 2.79 bits per heavy atom. The van der Waals surface area contributed by atoms with Crippen LogP contribution in [0.3, 0.4) is 0 Å². The Hall–Kier alpha value is -2.28. The minimum absolute atomic E-state index is 0.00900. The maximum atomic E-state index is 12.8. The second-order valence-corrected chi connectivity index (χ2v) is 16.2. The Labute approximate surface area is 210 Å². The second-order valence-electron chi connectivity index (χ2n) is 8.78. The predicted molar refractivity (Wildman–Crippen MR) is 136 cm³/mol. The number of carboxylic acids is 1. The molecule has 0 aliphatic carbocycles. The van der Waals surface area contributed by atoms with Crippen molar-refractivity contribution in [2.24, 2.45) is 10.6 Å². The Morgan fingerprint density at radius 2 is 2.21 bits per heavy atom. The number of oxime groups is 1. The number of β-lactam (4-membered cyclic amide) rings is 1. The van der Waals surface area contributed by atoms with Gasteiger partial charge in [-0.25, -0.2) is 0 Å². The standard InChI is InChI=1S/C19H26N6O5S3Si/c1-5-30-23-11(13-22-18(20)33-24-13)14(26)21-12-15(27)25-8-19(17(28)29,10-32-16(12)25)9-31-6-7-34(2,3)4/h12,16H,5,8-10H2,1-4H3,(H,21,26)(H,28,29)(H2,20,22,24)/t12?,16-,19?/m1/s1. The number of thioether (sulfide) groups is 2. The SMILES string of the molecule is CCON=C(C(=O)NC1C(=O)N2CC(CSC#C[Si](C)(C)C)(C(=O)O)CS[C@H]12)c1nsc(N)n1. The van der Waals surface area contributed by atoms with E-state index in [9.17, 15) is 19.5 Å². The smallest absolute Gasteiger partial charge is 0.313 e. The summed E-state index contributed by atoms with van der Waals surface area (Å²) >= 11 is 3.52. The number of hydrogen-bond acceptors (Lipinski definition) is 11. The van der Waals surface area contributed by atoms with Crippen molar-refractivity contribution in [2.45, 2.75) is 38.0 Å². The summed E-state index contributed by atoms with van der Waals surface area (Å²) in [6.45, 7) is 8.35. The van der Waals surface area contributed by atoms with E-state index in [1.165, 1.54) is 28.4 Å². The van der Waals surface area contributed by atoms with Gasteiger partial charge in [0.25, 0.3) is 5.91 Å². The molecule has 2 amide bonds. The molecule has 2 aliphatic heterocycles. The zero-order chi connectivity index (χ0) is 25.1. The van der Waals surface area contributed by atoms with Crippen molar-refractivity contribution in [3.8, 4) is 10.8 Å². The van der Waals surface area contributed by atoms with Crippen LogP contribution in [-0.4, -0.2) is 87.0 Å². The van der Waals surface area contributed by atoms with Crippen LogP contribution in [0.1, 0.15) is 12.7 Å². The highest BCUT2D eigenvalue weighted by Crippen LogP contribution is 2.43. The number of fused-ring (bicyclic) bond motifs is 1. The van der Waals surface area contributed by atoms with Crippen LogP contribution in [0.5, 0.6) is 0 Å². The summed E-state index contributed by atoms with van der Waals surface area (Å²) in [5.74, 6) is -1.39. The zero-order valence-corrected chi connectivity index (χ0v) is 22.6. The Kier molecular flexibility index (Phi) is 8.16. The number of carbonyl (C=O) groups excluding carboxylic acids is 2. The predicted octanol–water partition coefficient (Wildman–Crippen LogP) is 0.903. The molecule has 0 radical (unpaired) electrons. The summed E-state index contributed by atoms with van der Waals surface area (Å²) in [6.07, 6.45) is 0. The molecule has 0 bridgehead atoms. The van der Waals surface area contributed by atoms with Crippen molar-refractivity contribution in [3.05, 3.63) is 5.82 Å². The lowest BCUT2D eigenvalue weighted by Crippen LogP contribution is -2.74. The molecule has 11 nitrogen and oxygen atoms in total. The van der Waals surface area contributed by atoms with Crippen LogP contribution in [-0.2, 0) is 19.2 Å². The summed E-state index contributed by atoms with van der Waals surface area (Å²) in [5.41, 5.74) is 7.53. The van der Waals surface area contributed by atoms with Crippen LogP contribution in [0.15, 0.2) is 5.16 Å². The number of nitrogens with zero attached hydrogens (tertiary/aromatic N) is 4. The highest BCUT2D eigenvalue weighted by atomic mass is 32.2. The van der Waals surface area contributed by atoms with Crippen molar-refractivity contribution >= 4 is 71.8 Å². The molecule has 184 valence electrons. The first-order chi connectivity index (χ1) is 16.0. The molecule has 3 atom stereocenters. The van der Waals surface area contributed by atoms with Crippen molar-refractivity contribution in [3.63, 3.8) is 0 Å². The number of carboxylic acid groups (broad SMARTS) is 1. The first-order valence-corrected chi connectivity index (χ1v) is 16.7. The first-order valence-electron chi connectivity index (χ1n) is 10.4. The minimum atomic E-state index is -1.56. The van der Waals surface area contributed by atoms with Crippen LogP contribution >= 0.6 is 35.1 Å². The maximum absolute atomic E-state index is 12.8. The number of nitrogens with one attached hydrogen (secondary N) is 1. The third-order valence-corrected chi connectivity index (χ3v) is 9.01. The number of rotatable bonds is 8. The van der Waals surface area contributed by atoms with E-state index in [4.69, 9.17) is 10.6 Å². The lowest BCUT2D eigenvalue weighted by Gasteiger charge is -2.53. The summed E-state index contributed by atoms with van der Waals surface area (Å²) in [6, 6.07) is -0.813. The average Bonchev–Trinajstić information content (AvgIpc) is 3.20. The third kappa shape index (κ3) is 5.85. The summed E-state index contributed by atoms with van der Waals surface area (Å²) in [4.78, 5) is 48.3. The number of nitrogen functional groups attached to an aromatic ring is 1. The Bertz CT molecular complexity index is 1060. The van der Waals surface area contributed by atoms with Crippen molar-refractivity contribution in [2.75, 3.05) is 30.4 Å². The van der Waals surface area contributed by atoms with E-state index < -0.39 is 31.4 Å². The number of anilines is 1. The molecule has 0 spiro atoms.